The van der Waals surface area contributed by atoms with Crippen LogP contribution in [0.25, 0.3) is 0 Å². The van der Waals surface area contributed by atoms with Crippen LogP contribution in [-0.2, 0) is 21.1 Å². The molecule has 0 atom stereocenters. The molecule has 0 amide bonds. The van der Waals surface area contributed by atoms with Crippen LogP contribution in [0.15, 0.2) is 37.2 Å². The molecule has 0 N–H and O–H groups in total. The Labute approximate surface area is 66.4 Å². The van der Waals surface area contributed by atoms with Gasteiger partial charge in [0.25, 0.3) is 0 Å². The largest absolute Gasteiger partial charge is 0.0980 e. The van der Waals surface area contributed by atoms with E-state index in [-0.39, 0.29) is 29.0 Å². The van der Waals surface area contributed by atoms with Crippen LogP contribution >= 0.6 is 7.92 Å². The summed E-state index contributed by atoms with van der Waals surface area (Å²) in [5, 5.41) is 0. The van der Waals surface area contributed by atoms with E-state index in [9.17, 15) is 0 Å². The van der Waals surface area contributed by atoms with E-state index in [1.807, 2.05) is 17.5 Å². The third-order valence-electron chi connectivity index (χ3n) is 0.632. The van der Waals surface area contributed by atoms with Crippen molar-refractivity contribution in [2.45, 2.75) is 0 Å². The standard InChI is InChI=1S/C6H9P.Pt/c1-4-7(5-2)6-3;/h4-6H,1-3H2;. The SMILES string of the molecule is C=CP(C=C)C=C.[Pt]. The van der Waals surface area contributed by atoms with Gasteiger partial charge in [0.05, 0.1) is 0 Å². The second-order valence-corrected chi connectivity index (χ2v) is 2.98. The summed E-state index contributed by atoms with van der Waals surface area (Å²) in [6.45, 7) is 10.8. The van der Waals surface area contributed by atoms with Crippen molar-refractivity contribution in [2.75, 3.05) is 0 Å². The van der Waals surface area contributed by atoms with E-state index in [2.05, 4.69) is 19.7 Å². The first-order chi connectivity index (χ1) is 3.35. The minimum absolute atomic E-state index is 0. The topological polar surface area (TPSA) is 0 Å². The Balaban J connectivity index is 0. The predicted octanol–water partition coefficient (Wildman–Crippen LogP) is 2.90. The maximum Gasteiger partial charge on any atom is 0 e. The van der Waals surface area contributed by atoms with Gasteiger partial charge in [-0.1, -0.05) is 37.2 Å². The fourth-order valence-corrected chi connectivity index (χ4v) is 0.671. The number of hydrogen-bond acceptors (Lipinski definition) is 0. The van der Waals surface area contributed by atoms with Crippen LogP contribution in [0, 0.1) is 0 Å². The zero-order valence-electron chi connectivity index (χ0n) is 4.62. The van der Waals surface area contributed by atoms with Gasteiger partial charge in [-0.05, 0) is 7.92 Å². The van der Waals surface area contributed by atoms with Crippen molar-refractivity contribution in [1.82, 2.24) is 0 Å². The van der Waals surface area contributed by atoms with Crippen molar-refractivity contribution in [3.05, 3.63) is 37.2 Å². The van der Waals surface area contributed by atoms with Crippen molar-refractivity contribution in [2.24, 2.45) is 0 Å². The molecule has 0 aromatic carbocycles. The van der Waals surface area contributed by atoms with Gasteiger partial charge in [0.1, 0.15) is 0 Å². The van der Waals surface area contributed by atoms with E-state index in [1.165, 1.54) is 0 Å². The summed E-state index contributed by atoms with van der Waals surface area (Å²) in [5.41, 5.74) is 0. The molecule has 0 radical (unpaired) electrons. The van der Waals surface area contributed by atoms with E-state index >= 15 is 0 Å². The fraction of sp³-hybridized carbons (Fsp3) is 0. The molecule has 48 valence electrons. The average molecular weight is 307 g/mol. The van der Waals surface area contributed by atoms with Gasteiger partial charge in [-0.15, -0.1) is 0 Å². The van der Waals surface area contributed by atoms with Crippen molar-refractivity contribution < 1.29 is 21.1 Å². The molecular weight excluding hydrogens is 298 g/mol. The molecule has 0 rings (SSSR count). The zero-order valence-corrected chi connectivity index (χ0v) is 7.78. The first kappa shape index (κ1) is 11.2. The molecular formula is C6H9PPt. The van der Waals surface area contributed by atoms with Crippen molar-refractivity contribution in [3.63, 3.8) is 0 Å². The summed E-state index contributed by atoms with van der Waals surface area (Å²) in [4.78, 5) is 0. The van der Waals surface area contributed by atoms with Gasteiger partial charge in [-0.3, -0.25) is 0 Å². The van der Waals surface area contributed by atoms with Crippen LogP contribution in [0.4, 0.5) is 0 Å². The summed E-state index contributed by atoms with van der Waals surface area (Å²) in [5.74, 6) is 5.57. The first-order valence-corrected chi connectivity index (χ1v) is 3.55. The van der Waals surface area contributed by atoms with Crippen molar-refractivity contribution >= 4 is 7.92 Å². The molecule has 0 saturated carbocycles. The summed E-state index contributed by atoms with van der Waals surface area (Å²) < 4.78 is 0. The maximum atomic E-state index is 3.59. The Bertz CT molecular complexity index is 69.5. The molecule has 0 aliphatic heterocycles. The molecule has 0 unspecified atom stereocenters. The molecule has 0 fully saturated rings. The third kappa shape index (κ3) is 4.50. The molecule has 0 aliphatic rings. The Hall–Kier alpha value is 0.338. The second kappa shape index (κ2) is 7.34. The summed E-state index contributed by atoms with van der Waals surface area (Å²) in [6.07, 6.45) is 0. The Kier molecular flexibility index (Phi) is 10.3. The third-order valence-corrected chi connectivity index (χ3v) is 1.90. The Morgan fingerprint density at radius 1 is 0.875 bits per heavy atom. The Morgan fingerprint density at radius 3 is 1.12 bits per heavy atom. The van der Waals surface area contributed by atoms with Gasteiger partial charge < -0.3 is 0 Å². The average Bonchev–Trinajstić information content (AvgIpc) is 1.72. The van der Waals surface area contributed by atoms with Crippen molar-refractivity contribution in [3.8, 4) is 0 Å². The smallest absolute Gasteiger partial charge is 0 e. The summed E-state index contributed by atoms with van der Waals surface area (Å²) in [6, 6.07) is 0. The minimum atomic E-state index is -0.262. The molecule has 0 nitrogen and oxygen atoms in total. The molecule has 0 aromatic heterocycles. The first-order valence-electron chi connectivity index (χ1n) is 2.00. The number of hydrogen-bond donors (Lipinski definition) is 0. The quantitative estimate of drug-likeness (QED) is 0.703. The second-order valence-electron chi connectivity index (χ2n) is 0.995. The summed E-state index contributed by atoms with van der Waals surface area (Å²) >= 11 is 0. The number of rotatable bonds is 3. The van der Waals surface area contributed by atoms with Crippen LogP contribution in [-0.4, -0.2) is 0 Å². The van der Waals surface area contributed by atoms with Gasteiger partial charge >= 0.3 is 0 Å². The molecule has 0 saturated heterocycles. The Morgan fingerprint density at radius 2 is 1.12 bits per heavy atom. The van der Waals surface area contributed by atoms with E-state index in [4.69, 9.17) is 0 Å². The van der Waals surface area contributed by atoms with E-state index in [0.29, 0.717) is 0 Å². The van der Waals surface area contributed by atoms with Crippen LogP contribution < -0.4 is 0 Å². The van der Waals surface area contributed by atoms with Crippen molar-refractivity contribution in [1.29, 1.82) is 0 Å². The van der Waals surface area contributed by atoms with E-state index in [1.54, 1.807) is 0 Å². The fourth-order valence-electron chi connectivity index (χ4n) is 0.224. The normalized spacial score (nSPS) is 7.12. The molecule has 0 bridgehead atoms. The monoisotopic (exact) mass is 307 g/mol. The van der Waals surface area contributed by atoms with Gasteiger partial charge in [-0.2, -0.15) is 0 Å². The predicted molar refractivity (Wildman–Crippen MR) is 37.5 cm³/mol. The van der Waals surface area contributed by atoms with E-state index < -0.39 is 0 Å². The van der Waals surface area contributed by atoms with Crippen LogP contribution in [0.1, 0.15) is 0 Å². The van der Waals surface area contributed by atoms with Gasteiger partial charge in [0.15, 0.2) is 0 Å². The zero-order chi connectivity index (χ0) is 5.70. The van der Waals surface area contributed by atoms with Crippen LogP contribution in [0.5, 0.6) is 0 Å². The minimum Gasteiger partial charge on any atom is -0.0980 e. The molecule has 0 heterocycles. The maximum absolute atomic E-state index is 3.59. The molecule has 0 aromatic rings. The van der Waals surface area contributed by atoms with E-state index in [0.717, 1.165) is 0 Å². The summed E-state index contributed by atoms with van der Waals surface area (Å²) in [7, 11) is -0.262. The van der Waals surface area contributed by atoms with Gasteiger partial charge in [-0.25, -0.2) is 0 Å². The van der Waals surface area contributed by atoms with Gasteiger partial charge in [0.2, 0.25) is 0 Å². The van der Waals surface area contributed by atoms with Crippen LogP contribution in [0.3, 0.4) is 0 Å². The molecule has 0 spiro atoms. The van der Waals surface area contributed by atoms with Gasteiger partial charge in [0, 0.05) is 21.1 Å². The molecule has 2 heteroatoms. The molecule has 0 aliphatic carbocycles. The molecule has 8 heavy (non-hydrogen) atoms. The van der Waals surface area contributed by atoms with Crippen LogP contribution in [0.2, 0.25) is 0 Å².